The summed E-state index contributed by atoms with van der Waals surface area (Å²) >= 11 is 0. The van der Waals surface area contributed by atoms with Crippen molar-refractivity contribution >= 4 is 16.7 Å². The average molecular weight is 435 g/mol. The zero-order chi connectivity index (χ0) is 23.0. The molecule has 1 unspecified atom stereocenters. The van der Waals surface area contributed by atoms with Crippen LogP contribution in [0.4, 0.5) is 4.39 Å². The normalized spacial score (nSPS) is 18.8. The molecule has 2 atom stereocenters. The van der Waals surface area contributed by atoms with Gasteiger partial charge >= 0.3 is 0 Å². The fourth-order valence-electron chi connectivity index (χ4n) is 4.78. The van der Waals surface area contributed by atoms with Gasteiger partial charge in [0.15, 0.2) is 0 Å². The molecular weight excluding hydrogens is 403 g/mol. The van der Waals surface area contributed by atoms with E-state index < -0.39 is 0 Å². The highest BCUT2D eigenvalue weighted by molar-refractivity contribution is 6.10. The zero-order valence-corrected chi connectivity index (χ0v) is 19.2. The molecule has 1 aliphatic rings. The van der Waals surface area contributed by atoms with Crippen LogP contribution in [0.5, 0.6) is 5.75 Å². The number of aryl methyl sites for hydroxylation is 1. The summed E-state index contributed by atoms with van der Waals surface area (Å²) in [5, 5.41) is 14.8. The molecule has 5 heteroatoms. The molecule has 168 valence electrons. The fraction of sp³-hybridized carbons (Fsp3) is 0.407. The summed E-state index contributed by atoms with van der Waals surface area (Å²) < 4.78 is 14.0. The number of benzene rings is 2. The quantitative estimate of drug-likeness (QED) is 0.493. The van der Waals surface area contributed by atoms with Crippen LogP contribution in [0.3, 0.4) is 0 Å². The number of hydrogen-bond donors (Lipinski definition) is 2. The summed E-state index contributed by atoms with van der Waals surface area (Å²) in [7, 11) is 0. The molecule has 32 heavy (non-hydrogen) atoms. The summed E-state index contributed by atoms with van der Waals surface area (Å²) in [5.41, 5.74) is 3.40. The van der Waals surface area contributed by atoms with E-state index in [1.165, 1.54) is 12.5 Å². The number of hydrogen-bond acceptors (Lipinski definition) is 3. The largest absolute Gasteiger partial charge is 0.508 e. The number of aromatic nitrogens is 1. The minimum atomic E-state index is -0.257. The van der Waals surface area contributed by atoms with E-state index in [4.69, 9.17) is 4.98 Å². The summed E-state index contributed by atoms with van der Waals surface area (Å²) in [5.74, 6) is 0.0977. The lowest BCUT2D eigenvalue weighted by Gasteiger charge is -2.29. The van der Waals surface area contributed by atoms with Gasteiger partial charge in [0.1, 0.15) is 17.3 Å². The van der Waals surface area contributed by atoms with Crippen LogP contribution in [0.15, 0.2) is 36.4 Å². The van der Waals surface area contributed by atoms with Crippen LogP contribution in [0.25, 0.3) is 21.9 Å². The number of halogens is 1. The molecule has 0 saturated heterocycles. The standard InChI is InChI=1S/C27H31FN2O2/c1-15(2)25-24(18-9-12-22(28)17(4)13-18)20-11-10-19(31)14-21(20)26(30-25)27(32)29-23-8-6-5-7-16(23)3/h9-16,23,31H,5-8H2,1-4H3,(H,29,32)/t16-,23?/m1/s1. The van der Waals surface area contributed by atoms with Crippen molar-refractivity contribution < 1.29 is 14.3 Å². The van der Waals surface area contributed by atoms with E-state index in [0.717, 1.165) is 41.5 Å². The summed E-state index contributed by atoms with van der Waals surface area (Å²) in [6, 6.07) is 10.2. The molecule has 0 spiro atoms. The summed E-state index contributed by atoms with van der Waals surface area (Å²) in [4.78, 5) is 18.2. The maximum absolute atomic E-state index is 14.0. The van der Waals surface area contributed by atoms with E-state index in [0.29, 0.717) is 22.6 Å². The SMILES string of the molecule is Cc1cc(-c2c(C(C)C)nc(C(=O)NC3CCCC[C@H]3C)c3cc(O)ccc23)ccc1F. The Kier molecular flexibility index (Phi) is 6.18. The van der Waals surface area contributed by atoms with Crippen LogP contribution >= 0.6 is 0 Å². The van der Waals surface area contributed by atoms with Crippen LogP contribution in [0.2, 0.25) is 0 Å². The number of nitrogens with one attached hydrogen (secondary N) is 1. The molecule has 0 radical (unpaired) electrons. The molecule has 1 aromatic heterocycles. The van der Waals surface area contributed by atoms with Gasteiger partial charge in [0.2, 0.25) is 0 Å². The Morgan fingerprint density at radius 1 is 1.12 bits per heavy atom. The molecule has 1 amide bonds. The van der Waals surface area contributed by atoms with Gasteiger partial charge in [-0.15, -0.1) is 0 Å². The van der Waals surface area contributed by atoms with Crippen LogP contribution in [-0.4, -0.2) is 22.0 Å². The highest BCUT2D eigenvalue weighted by Crippen LogP contribution is 2.38. The monoisotopic (exact) mass is 434 g/mol. The third kappa shape index (κ3) is 4.21. The van der Waals surface area contributed by atoms with E-state index in [-0.39, 0.29) is 29.4 Å². The molecule has 2 aromatic carbocycles. The van der Waals surface area contributed by atoms with E-state index in [1.54, 1.807) is 25.1 Å². The number of aromatic hydroxyl groups is 1. The van der Waals surface area contributed by atoms with Gasteiger partial charge in [0.25, 0.3) is 5.91 Å². The molecular formula is C27H31FN2O2. The van der Waals surface area contributed by atoms with Crippen LogP contribution in [0, 0.1) is 18.7 Å². The van der Waals surface area contributed by atoms with Crippen LogP contribution < -0.4 is 5.32 Å². The molecule has 4 rings (SSSR count). The smallest absolute Gasteiger partial charge is 0.270 e. The number of phenolic OH excluding ortho intramolecular Hbond substituents is 1. The molecule has 1 aliphatic carbocycles. The maximum Gasteiger partial charge on any atom is 0.270 e. The number of fused-ring (bicyclic) bond motifs is 1. The Labute approximate surface area is 188 Å². The Balaban J connectivity index is 1.90. The molecule has 1 saturated carbocycles. The van der Waals surface area contributed by atoms with E-state index in [2.05, 4.69) is 12.2 Å². The Hall–Kier alpha value is -2.95. The third-order valence-corrected chi connectivity index (χ3v) is 6.65. The van der Waals surface area contributed by atoms with Crippen molar-refractivity contribution in [2.24, 2.45) is 5.92 Å². The molecule has 4 nitrogen and oxygen atoms in total. The van der Waals surface area contributed by atoms with Crippen molar-refractivity contribution in [2.75, 3.05) is 0 Å². The van der Waals surface area contributed by atoms with Gasteiger partial charge in [0, 0.05) is 17.0 Å². The highest BCUT2D eigenvalue weighted by Gasteiger charge is 2.26. The number of carbonyl (C=O) groups is 1. The first-order valence-corrected chi connectivity index (χ1v) is 11.5. The molecule has 0 bridgehead atoms. The molecule has 1 heterocycles. The minimum absolute atomic E-state index is 0.0497. The number of nitrogens with zero attached hydrogens (tertiary/aromatic N) is 1. The van der Waals surface area contributed by atoms with Gasteiger partial charge in [0.05, 0.1) is 5.69 Å². The predicted molar refractivity (Wildman–Crippen MR) is 127 cm³/mol. The van der Waals surface area contributed by atoms with Crippen molar-refractivity contribution in [3.05, 3.63) is 59.2 Å². The van der Waals surface area contributed by atoms with Crippen molar-refractivity contribution in [2.45, 2.75) is 65.3 Å². The van der Waals surface area contributed by atoms with Crippen LogP contribution in [0.1, 0.15) is 74.1 Å². The van der Waals surface area contributed by atoms with E-state index in [1.807, 2.05) is 26.0 Å². The van der Waals surface area contributed by atoms with Crippen molar-refractivity contribution in [1.29, 1.82) is 0 Å². The number of amides is 1. The lowest BCUT2D eigenvalue weighted by atomic mass is 9.85. The Bertz CT molecular complexity index is 1170. The van der Waals surface area contributed by atoms with E-state index >= 15 is 0 Å². The number of pyridine rings is 1. The lowest BCUT2D eigenvalue weighted by molar-refractivity contribution is 0.0907. The van der Waals surface area contributed by atoms with Crippen molar-refractivity contribution in [1.82, 2.24) is 10.3 Å². The maximum atomic E-state index is 14.0. The summed E-state index contributed by atoms with van der Waals surface area (Å²) in [6.07, 6.45) is 4.40. The van der Waals surface area contributed by atoms with Gasteiger partial charge in [-0.1, -0.05) is 39.7 Å². The first-order valence-electron chi connectivity index (χ1n) is 11.5. The van der Waals surface area contributed by atoms with Gasteiger partial charge in [-0.3, -0.25) is 4.79 Å². The summed E-state index contributed by atoms with van der Waals surface area (Å²) in [6.45, 7) is 8.00. The second-order valence-electron chi connectivity index (χ2n) is 9.41. The molecule has 3 aromatic rings. The van der Waals surface area contributed by atoms with Gasteiger partial charge in [-0.05, 0) is 78.4 Å². The first-order chi connectivity index (χ1) is 15.3. The predicted octanol–water partition coefficient (Wildman–Crippen LogP) is 6.49. The average Bonchev–Trinajstić information content (AvgIpc) is 2.76. The Morgan fingerprint density at radius 2 is 1.88 bits per heavy atom. The topological polar surface area (TPSA) is 62.2 Å². The molecule has 0 aliphatic heterocycles. The first kappa shape index (κ1) is 22.3. The Morgan fingerprint density at radius 3 is 2.56 bits per heavy atom. The molecule has 2 N–H and O–H groups in total. The number of rotatable bonds is 4. The minimum Gasteiger partial charge on any atom is -0.508 e. The molecule has 1 fully saturated rings. The van der Waals surface area contributed by atoms with Gasteiger partial charge in [-0.2, -0.15) is 0 Å². The second kappa shape index (κ2) is 8.89. The van der Waals surface area contributed by atoms with Crippen molar-refractivity contribution in [3.8, 4) is 16.9 Å². The lowest BCUT2D eigenvalue weighted by Crippen LogP contribution is -2.41. The number of carbonyl (C=O) groups excluding carboxylic acids is 1. The van der Waals surface area contributed by atoms with E-state index in [9.17, 15) is 14.3 Å². The highest BCUT2D eigenvalue weighted by atomic mass is 19.1. The van der Waals surface area contributed by atoms with Crippen LogP contribution in [-0.2, 0) is 0 Å². The van der Waals surface area contributed by atoms with Crippen molar-refractivity contribution in [3.63, 3.8) is 0 Å². The van der Waals surface area contributed by atoms with Gasteiger partial charge < -0.3 is 10.4 Å². The third-order valence-electron chi connectivity index (χ3n) is 6.65. The number of phenols is 1. The second-order valence-corrected chi connectivity index (χ2v) is 9.41. The zero-order valence-electron chi connectivity index (χ0n) is 19.2. The fourth-order valence-corrected chi connectivity index (χ4v) is 4.78. The van der Waals surface area contributed by atoms with Gasteiger partial charge in [-0.25, -0.2) is 9.37 Å².